The molecular weight excluding hydrogens is 102 g/mol. The molecule has 1 N–H and O–H groups in total. The number of hydrogen-bond donors (Lipinski definition) is 1. The summed E-state index contributed by atoms with van der Waals surface area (Å²) in [7, 11) is 0. The van der Waals surface area contributed by atoms with Gasteiger partial charge in [-0.15, -0.1) is 0 Å². The molecule has 2 unspecified atom stereocenters. The summed E-state index contributed by atoms with van der Waals surface area (Å²) >= 11 is 0. The lowest BCUT2D eigenvalue weighted by molar-refractivity contribution is 0.00148. The summed E-state index contributed by atoms with van der Waals surface area (Å²) in [5.41, 5.74) is 0. The molecule has 0 bridgehead atoms. The van der Waals surface area contributed by atoms with Gasteiger partial charge in [-0.25, -0.2) is 0 Å². The summed E-state index contributed by atoms with van der Waals surface area (Å²) in [5.74, 6) is 0. The molecule has 1 heterocycles. The van der Waals surface area contributed by atoms with E-state index in [1.807, 2.05) is 13.5 Å². The third kappa shape index (κ3) is 1.46. The van der Waals surface area contributed by atoms with Gasteiger partial charge in [0, 0.05) is 6.54 Å². The fourth-order valence-electron chi connectivity index (χ4n) is 0.854. The second-order valence-electron chi connectivity index (χ2n) is 2.23. The molecule has 2 atom stereocenters. The van der Waals surface area contributed by atoms with Crippen molar-refractivity contribution in [3.05, 3.63) is 6.54 Å². The molecule has 1 aliphatic heterocycles. The van der Waals surface area contributed by atoms with Crippen LogP contribution < -0.4 is 5.32 Å². The molecule has 0 aromatic rings. The van der Waals surface area contributed by atoms with Crippen molar-refractivity contribution in [3.63, 3.8) is 0 Å². The molecular formula is C6H12NO. The van der Waals surface area contributed by atoms with Crippen LogP contribution in [0.15, 0.2) is 0 Å². The molecule has 0 saturated carbocycles. The second kappa shape index (κ2) is 2.46. The van der Waals surface area contributed by atoms with E-state index in [4.69, 9.17) is 4.74 Å². The zero-order valence-corrected chi connectivity index (χ0v) is 5.35. The van der Waals surface area contributed by atoms with E-state index < -0.39 is 0 Å². The van der Waals surface area contributed by atoms with Crippen LogP contribution in [0.3, 0.4) is 0 Å². The predicted molar refractivity (Wildman–Crippen MR) is 32.3 cm³/mol. The summed E-state index contributed by atoms with van der Waals surface area (Å²) in [6, 6.07) is 0. The topological polar surface area (TPSA) is 21.3 Å². The van der Waals surface area contributed by atoms with Crippen LogP contribution in [0.1, 0.15) is 13.8 Å². The average molecular weight is 114 g/mol. The van der Waals surface area contributed by atoms with E-state index in [0.29, 0.717) is 6.10 Å². The third-order valence-electron chi connectivity index (χ3n) is 1.20. The largest absolute Gasteiger partial charge is 0.373 e. The van der Waals surface area contributed by atoms with Crippen molar-refractivity contribution in [2.24, 2.45) is 0 Å². The molecule has 1 fully saturated rings. The predicted octanol–water partition coefficient (Wildman–Crippen LogP) is 0.545. The summed E-state index contributed by atoms with van der Waals surface area (Å²) in [6.07, 6.45) is 0.647. The molecule has 2 heteroatoms. The van der Waals surface area contributed by atoms with Gasteiger partial charge >= 0.3 is 0 Å². The van der Waals surface area contributed by atoms with Crippen molar-refractivity contribution in [1.82, 2.24) is 5.32 Å². The smallest absolute Gasteiger partial charge is 0.0720 e. The van der Waals surface area contributed by atoms with Crippen LogP contribution in [0.4, 0.5) is 0 Å². The maximum atomic E-state index is 5.37. The lowest BCUT2D eigenvalue weighted by Crippen LogP contribution is -2.37. The molecule has 0 aliphatic carbocycles. The minimum Gasteiger partial charge on any atom is -0.373 e. The van der Waals surface area contributed by atoms with Crippen LogP contribution in [0, 0.1) is 6.54 Å². The number of morpholine rings is 1. The normalized spacial score (nSPS) is 39.8. The minimum absolute atomic E-state index is 0.277. The molecule has 2 nitrogen and oxygen atoms in total. The lowest BCUT2D eigenvalue weighted by Gasteiger charge is -2.25. The van der Waals surface area contributed by atoms with Crippen LogP contribution >= 0.6 is 0 Å². The first-order valence-corrected chi connectivity index (χ1v) is 3.01. The number of rotatable bonds is 0. The number of nitrogens with one attached hydrogen (secondary N) is 1. The van der Waals surface area contributed by atoms with Crippen LogP contribution in [0.5, 0.6) is 0 Å². The van der Waals surface area contributed by atoms with Gasteiger partial charge in [-0.1, -0.05) is 0 Å². The maximum absolute atomic E-state index is 5.37. The van der Waals surface area contributed by atoms with Gasteiger partial charge in [0.05, 0.1) is 18.8 Å². The Morgan fingerprint density at radius 2 is 2.38 bits per heavy atom. The molecule has 8 heavy (non-hydrogen) atoms. The first kappa shape index (κ1) is 6.05. The van der Waals surface area contributed by atoms with E-state index in [-0.39, 0.29) is 6.10 Å². The molecule has 0 aromatic carbocycles. The zero-order chi connectivity index (χ0) is 5.98. The van der Waals surface area contributed by atoms with Crippen molar-refractivity contribution >= 4 is 0 Å². The Labute approximate surface area is 50.2 Å². The highest BCUT2D eigenvalue weighted by molar-refractivity contribution is 4.77. The molecule has 1 rings (SSSR count). The molecule has 47 valence electrons. The first-order valence-electron chi connectivity index (χ1n) is 3.01. The highest BCUT2D eigenvalue weighted by Gasteiger charge is 2.13. The Morgan fingerprint density at radius 1 is 1.62 bits per heavy atom. The molecule has 0 aromatic heterocycles. The molecule has 0 amide bonds. The van der Waals surface area contributed by atoms with Crippen molar-refractivity contribution in [3.8, 4) is 0 Å². The Bertz CT molecular complexity index is 66.9. The van der Waals surface area contributed by atoms with Gasteiger partial charge in [-0.2, -0.15) is 0 Å². The van der Waals surface area contributed by atoms with E-state index in [0.717, 1.165) is 6.54 Å². The number of hydrogen-bond acceptors (Lipinski definition) is 2. The fourth-order valence-corrected chi connectivity index (χ4v) is 0.854. The zero-order valence-electron chi connectivity index (χ0n) is 5.35. The SMILES string of the molecule is CC1[CH]NCC(C)O1. The van der Waals surface area contributed by atoms with E-state index >= 15 is 0 Å². The van der Waals surface area contributed by atoms with E-state index in [1.54, 1.807) is 0 Å². The van der Waals surface area contributed by atoms with Gasteiger partial charge in [0.15, 0.2) is 0 Å². The Morgan fingerprint density at radius 3 is 2.75 bits per heavy atom. The van der Waals surface area contributed by atoms with Gasteiger partial charge in [0.2, 0.25) is 0 Å². The summed E-state index contributed by atoms with van der Waals surface area (Å²) < 4.78 is 5.37. The van der Waals surface area contributed by atoms with E-state index in [9.17, 15) is 0 Å². The summed E-state index contributed by atoms with van der Waals surface area (Å²) in [6.45, 7) is 7.02. The Kier molecular flexibility index (Phi) is 1.86. The highest BCUT2D eigenvalue weighted by atomic mass is 16.5. The Balaban J connectivity index is 2.23. The van der Waals surface area contributed by atoms with Crippen molar-refractivity contribution in [2.75, 3.05) is 6.54 Å². The van der Waals surface area contributed by atoms with Gasteiger partial charge in [-0.05, 0) is 13.8 Å². The summed E-state index contributed by atoms with van der Waals surface area (Å²) in [5, 5.41) is 3.13. The van der Waals surface area contributed by atoms with Crippen LogP contribution in [0.25, 0.3) is 0 Å². The van der Waals surface area contributed by atoms with Crippen molar-refractivity contribution in [2.45, 2.75) is 26.1 Å². The molecule has 1 radical (unpaired) electrons. The minimum atomic E-state index is 0.277. The van der Waals surface area contributed by atoms with E-state index in [2.05, 4.69) is 12.2 Å². The molecule has 0 spiro atoms. The monoisotopic (exact) mass is 114 g/mol. The fraction of sp³-hybridized carbons (Fsp3) is 0.833. The quantitative estimate of drug-likeness (QED) is 0.496. The first-order chi connectivity index (χ1) is 3.79. The summed E-state index contributed by atoms with van der Waals surface area (Å²) in [4.78, 5) is 0. The van der Waals surface area contributed by atoms with Crippen LogP contribution in [-0.4, -0.2) is 18.8 Å². The third-order valence-corrected chi connectivity index (χ3v) is 1.20. The van der Waals surface area contributed by atoms with Gasteiger partial charge in [0.1, 0.15) is 0 Å². The van der Waals surface area contributed by atoms with Crippen molar-refractivity contribution in [1.29, 1.82) is 0 Å². The van der Waals surface area contributed by atoms with Gasteiger partial charge in [0.25, 0.3) is 0 Å². The number of ether oxygens (including phenoxy) is 1. The standard InChI is InChI=1S/C6H12NO/c1-5-3-7-4-6(2)8-5/h3,5-7H,4H2,1-2H3. The average Bonchev–Trinajstić information content (AvgIpc) is 1.64. The van der Waals surface area contributed by atoms with Gasteiger partial charge < -0.3 is 10.1 Å². The molecule has 1 aliphatic rings. The lowest BCUT2D eigenvalue weighted by atomic mass is 10.3. The van der Waals surface area contributed by atoms with Crippen LogP contribution in [-0.2, 0) is 4.74 Å². The Hall–Kier alpha value is -0.0800. The van der Waals surface area contributed by atoms with Crippen LogP contribution in [0.2, 0.25) is 0 Å². The second-order valence-corrected chi connectivity index (χ2v) is 2.23. The van der Waals surface area contributed by atoms with E-state index in [1.165, 1.54) is 0 Å². The van der Waals surface area contributed by atoms with Gasteiger partial charge in [-0.3, -0.25) is 0 Å². The molecule has 1 saturated heterocycles. The highest BCUT2D eigenvalue weighted by Crippen LogP contribution is 2.03. The maximum Gasteiger partial charge on any atom is 0.0720 e. The van der Waals surface area contributed by atoms with Crippen molar-refractivity contribution < 1.29 is 4.74 Å².